The van der Waals surface area contributed by atoms with Crippen molar-refractivity contribution in [1.29, 1.82) is 0 Å². The normalized spacial score (nSPS) is 25.3. The number of esters is 2. The van der Waals surface area contributed by atoms with Gasteiger partial charge in [0.2, 0.25) is 0 Å². The first-order chi connectivity index (χ1) is 12.5. The van der Waals surface area contributed by atoms with Gasteiger partial charge in [-0.1, -0.05) is 36.4 Å². The molecule has 0 aromatic heterocycles. The quantitative estimate of drug-likeness (QED) is 0.523. The van der Waals surface area contributed by atoms with Gasteiger partial charge in [0.15, 0.2) is 6.10 Å². The van der Waals surface area contributed by atoms with E-state index in [0.717, 1.165) is 5.56 Å². The van der Waals surface area contributed by atoms with E-state index in [-0.39, 0.29) is 6.10 Å². The zero-order valence-electron chi connectivity index (χ0n) is 15.3. The van der Waals surface area contributed by atoms with Crippen LogP contribution in [-0.4, -0.2) is 43.0 Å². The summed E-state index contributed by atoms with van der Waals surface area (Å²) in [5, 5.41) is 0. The Morgan fingerprint density at radius 1 is 1.19 bits per heavy atom. The number of ether oxygens (including phenoxy) is 4. The van der Waals surface area contributed by atoms with Crippen molar-refractivity contribution in [2.45, 2.75) is 57.7 Å². The van der Waals surface area contributed by atoms with Gasteiger partial charge in [0.1, 0.15) is 12.2 Å². The first kappa shape index (κ1) is 20.1. The highest BCUT2D eigenvalue weighted by Crippen LogP contribution is 2.28. The van der Waals surface area contributed by atoms with Crippen LogP contribution in [-0.2, 0) is 35.1 Å². The second-order valence-corrected chi connectivity index (χ2v) is 6.28. The minimum Gasteiger partial charge on any atom is -0.458 e. The van der Waals surface area contributed by atoms with Crippen molar-refractivity contribution in [1.82, 2.24) is 0 Å². The standard InChI is InChI=1S/C20H26O6/c1-4-8-18-20(25-15(3)22)19(24-14(2)21)11-17(26-18)13-23-12-16-9-6-5-7-10-16/h4-7,9-10,17-20H,1,8,11-13H2,2-3H3/t17-,18-,19-,20+/m0/s1. The fourth-order valence-electron chi connectivity index (χ4n) is 3.03. The van der Waals surface area contributed by atoms with Crippen LogP contribution in [0.1, 0.15) is 32.3 Å². The van der Waals surface area contributed by atoms with Gasteiger partial charge in [0.05, 0.1) is 19.3 Å². The van der Waals surface area contributed by atoms with Crippen LogP contribution in [0.25, 0.3) is 0 Å². The Balaban J connectivity index is 2.00. The maximum Gasteiger partial charge on any atom is 0.303 e. The van der Waals surface area contributed by atoms with Crippen molar-refractivity contribution < 1.29 is 28.5 Å². The van der Waals surface area contributed by atoms with Crippen molar-refractivity contribution >= 4 is 11.9 Å². The maximum absolute atomic E-state index is 11.5. The van der Waals surface area contributed by atoms with Crippen LogP contribution in [0.15, 0.2) is 43.0 Å². The van der Waals surface area contributed by atoms with Crippen molar-refractivity contribution in [3.8, 4) is 0 Å². The van der Waals surface area contributed by atoms with Crippen molar-refractivity contribution in [3.05, 3.63) is 48.6 Å². The van der Waals surface area contributed by atoms with Crippen LogP contribution in [0.4, 0.5) is 0 Å². The number of hydrogen-bond acceptors (Lipinski definition) is 6. The molecule has 4 atom stereocenters. The van der Waals surface area contributed by atoms with Crippen LogP contribution >= 0.6 is 0 Å². The van der Waals surface area contributed by atoms with Gasteiger partial charge in [0.25, 0.3) is 0 Å². The van der Waals surface area contributed by atoms with E-state index in [1.165, 1.54) is 13.8 Å². The summed E-state index contributed by atoms with van der Waals surface area (Å²) < 4.78 is 22.5. The third kappa shape index (κ3) is 6.28. The molecule has 0 unspecified atom stereocenters. The Kier molecular flexibility index (Phi) is 7.81. The number of hydrogen-bond donors (Lipinski definition) is 0. The topological polar surface area (TPSA) is 71.1 Å². The van der Waals surface area contributed by atoms with E-state index in [1.54, 1.807) is 6.08 Å². The van der Waals surface area contributed by atoms with Crippen molar-refractivity contribution in [2.24, 2.45) is 0 Å². The third-order valence-corrected chi connectivity index (χ3v) is 4.03. The van der Waals surface area contributed by atoms with Gasteiger partial charge in [-0.15, -0.1) is 6.58 Å². The van der Waals surface area contributed by atoms with E-state index in [1.807, 2.05) is 30.3 Å². The van der Waals surface area contributed by atoms with Gasteiger partial charge in [-0.2, -0.15) is 0 Å². The van der Waals surface area contributed by atoms with E-state index in [2.05, 4.69) is 6.58 Å². The summed E-state index contributed by atoms with van der Waals surface area (Å²) in [5.74, 6) is -0.862. The lowest BCUT2D eigenvalue weighted by atomic mass is 9.95. The lowest BCUT2D eigenvalue weighted by Gasteiger charge is -2.40. The second kappa shape index (κ2) is 10.1. The van der Waals surface area contributed by atoms with Gasteiger partial charge in [-0.05, 0) is 12.0 Å². The summed E-state index contributed by atoms with van der Waals surface area (Å²) in [6.07, 6.45) is 0.657. The molecule has 1 heterocycles. The molecule has 26 heavy (non-hydrogen) atoms. The molecule has 6 heteroatoms. The lowest BCUT2D eigenvalue weighted by Crippen LogP contribution is -2.52. The molecule has 6 nitrogen and oxygen atoms in total. The van der Waals surface area contributed by atoms with Crippen LogP contribution < -0.4 is 0 Å². The smallest absolute Gasteiger partial charge is 0.303 e. The largest absolute Gasteiger partial charge is 0.458 e. The summed E-state index contributed by atoms with van der Waals surface area (Å²) in [4.78, 5) is 22.9. The predicted molar refractivity (Wildman–Crippen MR) is 95.3 cm³/mol. The van der Waals surface area contributed by atoms with Crippen LogP contribution in [0.2, 0.25) is 0 Å². The van der Waals surface area contributed by atoms with Gasteiger partial charge in [0, 0.05) is 20.3 Å². The molecule has 0 aliphatic carbocycles. The molecule has 0 radical (unpaired) electrons. The summed E-state index contributed by atoms with van der Waals surface area (Å²) in [5.41, 5.74) is 1.07. The molecule has 1 fully saturated rings. The van der Waals surface area contributed by atoms with Gasteiger partial charge in [-0.25, -0.2) is 0 Å². The average Bonchev–Trinajstić information content (AvgIpc) is 2.58. The van der Waals surface area contributed by atoms with Gasteiger partial charge >= 0.3 is 11.9 Å². The Bertz CT molecular complexity index is 600. The highest BCUT2D eigenvalue weighted by atomic mass is 16.6. The average molecular weight is 362 g/mol. The molecule has 1 aromatic carbocycles. The van der Waals surface area contributed by atoms with Gasteiger partial charge < -0.3 is 18.9 Å². The van der Waals surface area contributed by atoms with E-state index in [4.69, 9.17) is 18.9 Å². The predicted octanol–water partition coefficient (Wildman–Crippen LogP) is 2.80. The van der Waals surface area contributed by atoms with E-state index < -0.39 is 30.3 Å². The van der Waals surface area contributed by atoms with Crippen molar-refractivity contribution in [2.75, 3.05) is 6.61 Å². The molecule has 0 spiro atoms. The van der Waals surface area contributed by atoms with Crippen LogP contribution in [0.5, 0.6) is 0 Å². The minimum absolute atomic E-state index is 0.264. The molecule has 1 aliphatic heterocycles. The molecule has 142 valence electrons. The number of carbonyl (C=O) groups excluding carboxylic acids is 2. The zero-order chi connectivity index (χ0) is 18.9. The van der Waals surface area contributed by atoms with Crippen LogP contribution in [0.3, 0.4) is 0 Å². The maximum atomic E-state index is 11.5. The van der Waals surface area contributed by atoms with Crippen LogP contribution in [0, 0.1) is 0 Å². The van der Waals surface area contributed by atoms with E-state index in [0.29, 0.717) is 26.1 Å². The summed E-state index contributed by atoms with van der Waals surface area (Å²) in [7, 11) is 0. The zero-order valence-corrected chi connectivity index (χ0v) is 15.3. The molecular weight excluding hydrogens is 336 g/mol. The Morgan fingerprint density at radius 3 is 2.50 bits per heavy atom. The first-order valence-electron chi connectivity index (χ1n) is 8.72. The highest BCUT2D eigenvalue weighted by molar-refractivity contribution is 5.67. The fraction of sp³-hybridized carbons (Fsp3) is 0.500. The Morgan fingerprint density at radius 2 is 1.88 bits per heavy atom. The van der Waals surface area contributed by atoms with Crippen molar-refractivity contribution in [3.63, 3.8) is 0 Å². The summed E-state index contributed by atoms with van der Waals surface area (Å²) in [6, 6.07) is 9.83. The monoisotopic (exact) mass is 362 g/mol. The molecular formula is C20H26O6. The van der Waals surface area contributed by atoms with Gasteiger partial charge in [-0.3, -0.25) is 9.59 Å². The molecule has 1 aromatic rings. The summed E-state index contributed by atoms with van der Waals surface area (Å²) >= 11 is 0. The Hall–Kier alpha value is -2.18. The lowest BCUT2D eigenvalue weighted by molar-refractivity contribution is -0.212. The van der Waals surface area contributed by atoms with E-state index in [9.17, 15) is 9.59 Å². The molecule has 2 rings (SSSR count). The molecule has 1 aliphatic rings. The minimum atomic E-state index is -0.653. The summed E-state index contributed by atoms with van der Waals surface area (Å²) in [6.45, 7) is 7.21. The Labute approximate surface area is 154 Å². The third-order valence-electron chi connectivity index (χ3n) is 4.03. The second-order valence-electron chi connectivity index (χ2n) is 6.28. The van der Waals surface area contributed by atoms with E-state index >= 15 is 0 Å². The molecule has 1 saturated heterocycles. The highest BCUT2D eigenvalue weighted by Gasteiger charge is 2.42. The number of rotatable bonds is 8. The number of benzene rings is 1. The molecule has 0 amide bonds. The number of carbonyl (C=O) groups is 2. The SMILES string of the molecule is C=CC[C@@H]1O[C@H](COCc2ccccc2)C[C@H](OC(C)=O)[C@@H]1OC(C)=O. The fourth-order valence-corrected chi connectivity index (χ4v) is 3.03. The molecule has 0 bridgehead atoms. The molecule has 0 saturated carbocycles. The first-order valence-corrected chi connectivity index (χ1v) is 8.72. The molecule has 0 N–H and O–H groups in total.